The van der Waals surface area contributed by atoms with E-state index in [0.717, 1.165) is 17.1 Å². The fourth-order valence-corrected chi connectivity index (χ4v) is 2.33. The summed E-state index contributed by atoms with van der Waals surface area (Å²) >= 11 is 0. The molecular weight excluding hydrogens is 314 g/mol. The maximum absolute atomic E-state index is 9.27. The molecule has 1 aromatic carbocycles. The summed E-state index contributed by atoms with van der Waals surface area (Å²) in [5.74, 6) is 0. The van der Waals surface area contributed by atoms with Crippen molar-refractivity contribution in [3.05, 3.63) is 18.2 Å². The van der Waals surface area contributed by atoms with Crippen molar-refractivity contribution in [3.8, 4) is 0 Å². The Morgan fingerprint density at radius 2 is 1.38 bits per heavy atom. The van der Waals surface area contributed by atoms with Crippen LogP contribution in [0.25, 0.3) is 0 Å². The number of ether oxygens (including phenoxy) is 3. The molecule has 0 amide bonds. The van der Waals surface area contributed by atoms with Gasteiger partial charge in [-0.3, -0.25) is 0 Å². The van der Waals surface area contributed by atoms with Gasteiger partial charge in [0.05, 0.1) is 13.2 Å². The van der Waals surface area contributed by atoms with Gasteiger partial charge in [0.15, 0.2) is 0 Å². The molecule has 0 saturated carbocycles. The van der Waals surface area contributed by atoms with Crippen LogP contribution in [0.3, 0.4) is 0 Å². The predicted octanol–water partition coefficient (Wildman–Crippen LogP) is 0.508. The van der Waals surface area contributed by atoms with Crippen molar-refractivity contribution in [2.24, 2.45) is 0 Å². The number of aliphatic hydroxyl groups is 2. The molecule has 0 unspecified atom stereocenters. The predicted molar refractivity (Wildman–Crippen MR) is 94.6 cm³/mol. The zero-order chi connectivity index (χ0) is 17.8. The van der Waals surface area contributed by atoms with Gasteiger partial charge in [0, 0.05) is 51.5 Å². The average Bonchev–Trinajstić information content (AvgIpc) is 2.59. The quantitative estimate of drug-likeness (QED) is 0.447. The molecule has 0 aliphatic carbocycles. The molecule has 0 fully saturated rings. The summed E-state index contributed by atoms with van der Waals surface area (Å²) in [6.45, 7) is 2.00. The number of rotatable bonds is 13. The van der Waals surface area contributed by atoms with E-state index in [-0.39, 0.29) is 13.2 Å². The number of hydrogen-bond donors (Lipinski definition) is 3. The molecule has 8 nitrogen and oxygen atoms in total. The number of benzene rings is 1. The van der Waals surface area contributed by atoms with Crippen LogP contribution in [0, 0.1) is 0 Å². The van der Waals surface area contributed by atoms with Gasteiger partial charge < -0.3 is 39.5 Å². The lowest BCUT2D eigenvalue weighted by atomic mass is 10.2. The molecule has 0 atom stereocenters. The molecule has 1 rings (SSSR count). The smallest absolute Gasteiger partial charge is 0.120 e. The normalized spacial score (nSPS) is 10.7. The van der Waals surface area contributed by atoms with Crippen LogP contribution in [-0.2, 0) is 14.2 Å². The topological polar surface area (TPSA) is 86.7 Å². The van der Waals surface area contributed by atoms with E-state index in [9.17, 15) is 10.2 Å². The number of hydrogen-bond acceptors (Lipinski definition) is 8. The Kier molecular flexibility index (Phi) is 10.1. The van der Waals surface area contributed by atoms with Gasteiger partial charge in [0.1, 0.15) is 20.2 Å². The zero-order valence-corrected chi connectivity index (χ0v) is 14.7. The SMILES string of the molecule is COCNc1cc(N(CCO)CCO)cc(N(COC)COC)c1. The van der Waals surface area contributed by atoms with Crippen LogP contribution in [0.15, 0.2) is 18.2 Å². The third-order valence-corrected chi connectivity index (χ3v) is 3.36. The summed E-state index contributed by atoms with van der Waals surface area (Å²) < 4.78 is 15.5. The van der Waals surface area contributed by atoms with Gasteiger partial charge in [-0.05, 0) is 18.2 Å². The van der Waals surface area contributed by atoms with Gasteiger partial charge in [0.25, 0.3) is 0 Å². The van der Waals surface area contributed by atoms with Crippen LogP contribution in [-0.4, -0.2) is 78.0 Å². The highest BCUT2D eigenvalue weighted by Gasteiger charge is 2.13. The molecule has 0 aliphatic rings. The van der Waals surface area contributed by atoms with E-state index in [1.807, 2.05) is 28.0 Å². The Bertz CT molecular complexity index is 415. The molecule has 0 aliphatic heterocycles. The van der Waals surface area contributed by atoms with Crippen molar-refractivity contribution in [2.75, 3.05) is 82.9 Å². The molecule has 1 aromatic rings. The van der Waals surface area contributed by atoms with Crippen molar-refractivity contribution in [1.29, 1.82) is 0 Å². The maximum Gasteiger partial charge on any atom is 0.120 e. The van der Waals surface area contributed by atoms with Crippen LogP contribution in [0.2, 0.25) is 0 Å². The van der Waals surface area contributed by atoms with Crippen LogP contribution in [0.4, 0.5) is 17.1 Å². The van der Waals surface area contributed by atoms with Crippen LogP contribution in [0.1, 0.15) is 0 Å². The standard InChI is InChI=1S/C16H29N3O5/c1-22-11-17-14-8-15(18(4-6-20)5-7-21)10-16(9-14)19(12-23-2)13-24-3/h8-10,17,20-21H,4-7,11-13H2,1-3H3. The second kappa shape index (κ2) is 11.9. The van der Waals surface area contributed by atoms with Crippen LogP contribution in [0.5, 0.6) is 0 Å². The molecular formula is C16H29N3O5. The summed E-state index contributed by atoms with van der Waals surface area (Å²) in [6.07, 6.45) is 0. The lowest BCUT2D eigenvalue weighted by Gasteiger charge is -2.28. The molecule has 0 aromatic heterocycles. The maximum atomic E-state index is 9.27. The van der Waals surface area contributed by atoms with Crippen molar-refractivity contribution in [3.63, 3.8) is 0 Å². The second-order valence-electron chi connectivity index (χ2n) is 5.16. The Balaban J connectivity index is 3.17. The summed E-state index contributed by atoms with van der Waals surface area (Å²) in [7, 11) is 4.87. The first kappa shape index (κ1) is 20.5. The first-order valence-corrected chi connectivity index (χ1v) is 7.77. The molecule has 24 heavy (non-hydrogen) atoms. The molecule has 0 saturated heterocycles. The lowest BCUT2D eigenvalue weighted by Crippen LogP contribution is -2.31. The minimum atomic E-state index is 0.00488. The molecule has 0 radical (unpaired) electrons. The first-order chi connectivity index (χ1) is 11.7. The molecule has 8 heteroatoms. The average molecular weight is 343 g/mol. The van der Waals surface area contributed by atoms with E-state index in [0.29, 0.717) is 33.3 Å². The van der Waals surface area contributed by atoms with E-state index >= 15 is 0 Å². The third kappa shape index (κ3) is 6.50. The van der Waals surface area contributed by atoms with Crippen molar-refractivity contribution >= 4 is 17.1 Å². The largest absolute Gasteiger partial charge is 0.395 e. The van der Waals surface area contributed by atoms with Gasteiger partial charge in [-0.1, -0.05) is 0 Å². The number of anilines is 3. The molecule has 0 heterocycles. The molecule has 0 spiro atoms. The number of methoxy groups -OCH3 is 3. The zero-order valence-electron chi connectivity index (χ0n) is 14.7. The first-order valence-electron chi connectivity index (χ1n) is 7.77. The van der Waals surface area contributed by atoms with Crippen molar-refractivity contribution in [1.82, 2.24) is 0 Å². The minimum absolute atomic E-state index is 0.00488. The fourth-order valence-electron chi connectivity index (χ4n) is 2.33. The third-order valence-electron chi connectivity index (χ3n) is 3.36. The van der Waals surface area contributed by atoms with E-state index < -0.39 is 0 Å². The van der Waals surface area contributed by atoms with Gasteiger partial charge >= 0.3 is 0 Å². The fraction of sp³-hybridized carbons (Fsp3) is 0.625. The monoisotopic (exact) mass is 343 g/mol. The second-order valence-corrected chi connectivity index (χ2v) is 5.16. The van der Waals surface area contributed by atoms with Gasteiger partial charge in [0.2, 0.25) is 0 Å². The molecule has 138 valence electrons. The lowest BCUT2D eigenvalue weighted by molar-refractivity contribution is 0.140. The number of aliphatic hydroxyl groups excluding tert-OH is 2. The van der Waals surface area contributed by atoms with E-state index in [4.69, 9.17) is 14.2 Å². The molecule has 3 N–H and O–H groups in total. The Hall–Kier alpha value is -1.58. The van der Waals surface area contributed by atoms with Crippen molar-refractivity contribution < 1.29 is 24.4 Å². The Morgan fingerprint density at radius 1 is 0.833 bits per heavy atom. The van der Waals surface area contributed by atoms with Gasteiger partial charge in [-0.25, -0.2) is 0 Å². The summed E-state index contributed by atoms with van der Waals surface area (Å²) in [4.78, 5) is 3.84. The highest BCUT2D eigenvalue weighted by molar-refractivity contribution is 5.68. The number of nitrogens with one attached hydrogen (secondary N) is 1. The van der Waals surface area contributed by atoms with E-state index in [1.54, 1.807) is 21.3 Å². The van der Waals surface area contributed by atoms with E-state index in [2.05, 4.69) is 5.32 Å². The van der Waals surface area contributed by atoms with Crippen LogP contribution < -0.4 is 15.1 Å². The van der Waals surface area contributed by atoms with Gasteiger partial charge in [-0.2, -0.15) is 0 Å². The molecule has 0 bridgehead atoms. The Labute approximate surface area is 143 Å². The minimum Gasteiger partial charge on any atom is -0.395 e. The highest BCUT2D eigenvalue weighted by Crippen LogP contribution is 2.28. The Morgan fingerprint density at radius 3 is 1.83 bits per heavy atom. The summed E-state index contributed by atoms with van der Waals surface area (Å²) in [5, 5.41) is 21.7. The van der Waals surface area contributed by atoms with Gasteiger partial charge in [-0.15, -0.1) is 0 Å². The number of nitrogens with zero attached hydrogens (tertiary/aromatic N) is 2. The van der Waals surface area contributed by atoms with E-state index in [1.165, 1.54) is 0 Å². The van der Waals surface area contributed by atoms with Crippen molar-refractivity contribution in [2.45, 2.75) is 0 Å². The highest BCUT2D eigenvalue weighted by atomic mass is 16.5. The summed E-state index contributed by atoms with van der Waals surface area (Å²) in [6, 6.07) is 5.89. The van der Waals surface area contributed by atoms with Crippen LogP contribution >= 0.6 is 0 Å². The summed E-state index contributed by atoms with van der Waals surface area (Å²) in [5.41, 5.74) is 2.64.